The lowest BCUT2D eigenvalue weighted by Crippen LogP contribution is -2.28. The number of ether oxygens (including phenoxy) is 1. The number of rotatable bonds is 7. The van der Waals surface area contributed by atoms with E-state index < -0.39 is 9.84 Å². The Bertz CT molecular complexity index is 669. The predicted octanol–water partition coefficient (Wildman–Crippen LogP) is 2.50. The van der Waals surface area contributed by atoms with Gasteiger partial charge in [-0.1, -0.05) is 32.0 Å². The number of carbonyl (C=O) groups excluding carboxylic acids is 1. The zero-order valence-electron chi connectivity index (χ0n) is 14.7. The van der Waals surface area contributed by atoms with Gasteiger partial charge in [0.1, 0.15) is 5.75 Å². The predicted molar refractivity (Wildman–Crippen MR) is 94.6 cm³/mol. The minimum atomic E-state index is -2.94. The molecule has 0 saturated carbocycles. The van der Waals surface area contributed by atoms with Crippen LogP contribution in [-0.2, 0) is 21.2 Å². The van der Waals surface area contributed by atoms with Gasteiger partial charge in [-0.2, -0.15) is 0 Å². The zero-order valence-corrected chi connectivity index (χ0v) is 15.5. The number of carbonyl (C=O) groups is 1. The van der Waals surface area contributed by atoms with Gasteiger partial charge in [0, 0.05) is 25.6 Å². The van der Waals surface area contributed by atoms with Crippen molar-refractivity contribution in [1.82, 2.24) is 4.90 Å². The maximum Gasteiger partial charge on any atom is 0.222 e. The molecule has 0 unspecified atom stereocenters. The monoisotopic (exact) mass is 353 g/mol. The molecular formula is C18H27NO4S. The minimum Gasteiger partial charge on any atom is -0.493 e. The van der Waals surface area contributed by atoms with Crippen LogP contribution in [0.5, 0.6) is 5.75 Å². The van der Waals surface area contributed by atoms with Gasteiger partial charge >= 0.3 is 0 Å². The Labute approximate surface area is 144 Å². The molecule has 0 aromatic heterocycles. The first-order valence-corrected chi connectivity index (χ1v) is 10.2. The lowest BCUT2D eigenvalue weighted by molar-refractivity contribution is -0.131. The van der Waals surface area contributed by atoms with E-state index in [0.29, 0.717) is 31.9 Å². The summed E-state index contributed by atoms with van der Waals surface area (Å²) in [6.45, 7) is 5.28. The minimum absolute atomic E-state index is 0.0178. The van der Waals surface area contributed by atoms with Gasteiger partial charge in [0.05, 0.1) is 18.1 Å². The van der Waals surface area contributed by atoms with Crippen molar-refractivity contribution >= 4 is 15.7 Å². The molecule has 6 heteroatoms. The fraction of sp³-hybridized carbons (Fsp3) is 0.611. The molecule has 1 atom stereocenters. The molecule has 0 radical (unpaired) electrons. The molecule has 1 aromatic rings. The Morgan fingerprint density at radius 1 is 1.33 bits per heavy atom. The Morgan fingerprint density at radius 2 is 2.04 bits per heavy atom. The van der Waals surface area contributed by atoms with Crippen LogP contribution in [0, 0.1) is 11.8 Å². The van der Waals surface area contributed by atoms with E-state index in [1.54, 1.807) is 11.9 Å². The topological polar surface area (TPSA) is 63.7 Å². The first-order valence-electron chi connectivity index (χ1n) is 8.42. The quantitative estimate of drug-likeness (QED) is 0.755. The molecular weight excluding hydrogens is 326 g/mol. The van der Waals surface area contributed by atoms with E-state index in [1.165, 1.54) is 0 Å². The van der Waals surface area contributed by atoms with Crippen LogP contribution < -0.4 is 4.74 Å². The van der Waals surface area contributed by atoms with Crippen LogP contribution in [0.2, 0.25) is 0 Å². The Balaban J connectivity index is 1.94. The summed E-state index contributed by atoms with van der Waals surface area (Å²) in [6.07, 6.45) is 0.890. The fourth-order valence-corrected chi connectivity index (χ4v) is 4.67. The largest absolute Gasteiger partial charge is 0.493 e. The van der Waals surface area contributed by atoms with E-state index in [2.05, 4.69) is 13.8 Å². The van der Waals surface area contributed by atoms with Gasteiger partial charge in [-0.05, 0) is 24.3 Å². The molecule has 1 heterocycles. The van der Waals surface area contributed by atoms with Crippen molar-refractivity contribution in [3.8, 4) is 5.75 Å². The van der Waals surface area contributed by atoms with Gasteiger partial charge < -0.3 is 9.64 Å². The normalized spacial score (nSPS) is 19.4. The number of hydrogen-bond acceptors (Lipinski definition) is 4. The smallest absolute Gasteiger partial charge is 0.222 e. The van der Waals surface area contributed by atoms with Crippen molar-refractivity contribution in [2.45, 2.75) is 33.2 Å². The molecule has 1 aliphatic heterocycles. The van der Waals surface area contributed by atoms with Crippen LogP contribution in [0.4, 0.5) is 0 Å². The lowest BCUT2D eigenvalue weighted by atomic mass is 10.0. The van der Waals surface area contributed by atoms with E-state index in [0.717, 1.165) is 11.3 Å². The van der Waals surface area contributed by atoms with Crippen molar-refractivity contribution < 1.29 is 17.9 Å². The molecule has 2 rings (SSSR count). The second-order valence-corrected chi connectivity index (χ2v) is 9.26. The van der Waals surface area contributed by atoms with Crippen LogP contribution in [0.25, 0.3) is 0 Å². The highest BCUT2D eigenvalue weighted by Crippen LogP contribution is 2.24. The van der Waals surface area contributed by atoms with E-state index in [9.17, 15) is 13.2 Å². The molecule has 1 amide bonds. The molecule has 0 spiro atoms. The Morgan fingerprint density at radius 3 is 2.67 bits per heavy atom. The van der Waals surface area contributed by atoms with E-state index >= 15 is 0 Å². The van der Waals surface area contributed by atoms with Crippen molar-refractivity contribution in [1.29, 1.82) is 0 Å². The van der Waals surface area contributed by atoms with Gasteiger partial charge in [-0.15, -0.1) is 0 Å². The average molecular weight is 353 g/mol. The standard InChI is InChI=1S/C18H27NO4S/c1-14(2)12-23-17-7-5-4-6-16(17)11-19(3)18(20)10-15-8-9-24(21,22)13-15/h4-7,14-15H,8-13H2,1-3H3/t15-/m0/s1. The summed E-state index contributed by atoms with van der Waals surface area (Å²) >= 11 is 0. The molecule has 1 aromatic carbocycles. The number of amides is 1. The van der Waals surface area contributed by atoms with Gasteiger partial charge in [-0.3, -0.25) is 4.79 Å². The van der Waals surface area contributed by atoms with Crippen LogP contribution in [0.3, 0.4) is 0 Å². The Kier molecular flexibility index (Phi) is 6.27. The third-order valence-electron chi connectivity index (χ3n) is 4.17. The molecule has 1 aliphatic rings. The molecule has 0 aliphatic carbocycles. The number of nitrogens with zero attached hydrogens (tertiary/aromatic N) is 1. The first kappa shape index (κ1) is 18.8. The van der Waals surface area contributed by atoms with E-state index in [-0.39, 0.29) is 23.3 Å². The second-order valence-electron chi connectivity index (χ2n) is 7.04. The van der Waals surface area contributed by atoms with Crippen molar-refractivity contribution in [2.75, 3.05) is 25.2 Å². The lowest BCUT2D eigenvalue weighted by Gasteiger charge is -2.21. The molecule has 1 fully saturated rings. The Hall–Kier alpha value is -1.56. The summed E-state index contributed by atoms with van der Waals surface area (Å²) in [7, 11) is -1.18. The van der Waals surface area contributed by atoms with Crippen LogP contribution in [-0.4, -0.2) is 44.4 Å². The number of para-hydroxylation sites is 1. The third-order valence-corrected chi connectivity index (χ3v) is 6.01. The molecule has 0 bridgehead atoms. The summed E-state index contributed by atoms with van der Waals surface area (Å²) in [5.41, 5.74) is 0.966. The van der Waals surface area contributed by atoms with Gasteiger partial charge in [0.15, 0.2) is 9.84 Å². The van der Waals surface area contributed by atoms with Crippen molar-refractivity contribution in [2.24, 2.45) is 11.8 Å². The van der Waals surface area contributed by atoms with Crippen LogP contribution in [0.15, 0.2) is 24.3 Å². The summed E-state index contributed by atoms with van der Waals surface area (Å²) in [5, 5.41) is 0. The summed E-state index contributed by atoms with van der Waals surface area (Å²) in [4.78, 5) is 14.0. The average Bonchev–Trinajstić information content (AvgIpc) is 2.85. The van der Waals surface area contributed by atoms with Crippen LogP contribution >= 0.6 is 0 Å². The number of benzene rings is 1. The molecule has 0 N–H and O–H groups in total. The van der Waals surface area contributed by atoms with E-state index in [1.807, 2.05) is 24.3 Å². The highest BCUT2D eigenvalue weighted by atomic mass is 32.2. The van der Waals surface area contributed by atoms with Crippen molar-refractivity contribution in [3.63, 3.8) is 0 Å². The van der Waals surface area contributed by atoms with E-state index in [4.69, 9.17) is 4.74 Å². The maximum absolute atomic E-state index is 12.4. The summed E-state index contributed by atoms with van der Waals surface area (Å²) in [5.74, 6) is 1.52. The maximum atomic E-state index is 12.4. The molecule has 24 heavy (non-hydrogen) atoms. The SMILES string of the molecule is CC(C)COc1ccccc1CN(C)C(=O)C[C@@H]1CCS(=O)(=O)C1. The first-order chi connectivity index (χ1) is 11.3. The van der Waals surface area contributed by atoms with Crippen LogP contribution in [0.1, 0.15) is 32.3 Å². The highest BCUT2D eigenvalue weighted by Gasteiger charge is 2.30. The summed E-state index contributed by atoms with van der Waals surface area (Å²) in [6, 6.07) is 7.73. The highest BCUT2D eigenvalue weighted by molar-refractivity contribution is 7.91. The van der Waals surface area contributed by atoms with Gasteiger partial charge in [0.25, 0.3) is 0 Å². The fourth-order valence-electron chi connectivity index (χ4n) is 2.81. The van der Waals surface area contributed by atoms with Gasteiger partial charge in [-0.25, -0.2) is 8.42 Å². The number of sulfone groups is 1. The molecule has 5 nitrogen and oxygen atoms in total. The number of hydrogen-bond donors (Lipinski definition) is 0. The molecule has 134 valence electrons. The third kappa shape index (κ3) is 5.51. The zero-order chi connectivity index (χ0) is 17.7. The summed E-state index contributed by atoms with van der Waals surface area (Å²) < 4.78 is 28.8. The van der Waals surface area contributed by atoms with Gasteiger partial charge in [0.2, 0.25) is 5.91 Å². The van der Waals surface area contributed by atoms with Crippen molar-refractivity contribution in [3.05, 3.63) is 29.8 Å². The second kappa shape index (κ2) is 8.01. The molecule has 1 saturated heterocycles.